The molecule has 0 aliphatic rings. The Morgan fingerprint density at radius 1 is 1.14 bits per heavy atom. The maximum atomic E-state index is 11.8. The van der Waals surface area contributed by atoms with Crippen molar-refractivity contribution in [2.24, 2.45) is 0 Å². The van der Waals surface area contributed by atoms with Gasteiger partial charge < -0.3 is 9.64 Å². The van der Waals surface area contributed by atoms with Crippen molar-refractivity contribution in [3.63, 3.8) is 0 Å². The minimum absolute atomic E-state index is 0.00347. The van der Waals surface area contributed by atoms with Crippen LogP contribution in [-0.2, 0) is 6.61 Å². The predicted octanol–water partition coefficient (Wildman–Crippen LogP) is 4.04. The van der Waals surface area contributed by atoms with Crippen LogP contribution in [0.4, 0.5) is 0 Å². The molecule has 0 saturated carbocycles. The van der Waals surface area contributed by atoms with E-state index in [1.807, 2.05) is 49.4 Å². The van der Waals surface area contributed by atoms with Gasteiger partial charge >= 0.3 is 0 Å². The zero-order valence-electron chi connectivity index (χ0n) is 12.4. The molecule has 2 rings (SSSR count). The highest BCUT2D eigenvalue weighted by Crippen LogP contribution is 2.26. The van der Waals surface area contributed by atoms with E-state index in [4.69, 9.17) is 4.74 Å². The third kappa shape index (κ3) is 4.08. The number of carbonyl (C=O) groups is 1. The van der Waals surface area contributed by atoms with Gasteiger partial charge in [-0.1, -0.05) is 18.2 Å². The first-order valence-corrected chi connectivity index (χ1v) is 7.46. The summed E-state index contributed by atoms with van der Waals surface area (Å²) in [5, 5.41) is 0. The summed E-state index contributed by atoms with van der Waals surface area (Å²) < 4.78 is 6.73. The Morgan fingerprint density at radius 3 is 2.38 bits per heavy atom. The maximum Gasteiger partial charge on any atom is 0.253 e. The maximum absolute atomic E-state index is 11.8. The minimum atomic E-state index is 0.00347. The van der Waals surface area contributed by atoms with E-state index < -0.39 is 0 Å². The summed E-state index contributed by atoms with van der Waals surface area (Å²) in [6.45, 7) is 2.51. The highest BCUT2D eigenvalue weighted by molar-refractivity contribution is 9.10. The molecule has 4 heteroatoms. The highest BCUT2D eigenvalue weighted by atomic mass is 79.9. The Labute approximate surface area is 133 Å². The number of hydrogen-bond donors (Lipinski definition) is 0. The third-order valence-electron chi connectivity index (χ3n) is 3.09. The second-order valence-corrected chi connectivity index (χ2v) is 5.97. The molecule has 0 aliphatic heterocycles. The number of nitrogens with zero attached hydrogens (tertiary/aromatic N) is 1. The molecule has 0 spiro atoms. The van der Waals surface area contributed by atoms with Gasteiger partial charge in [-0.05, 0) is 58.2 Å². The fourth-order valence-corrected chi connectivity index (χ4v) is 2.49. The topological polar surface area (TPSA) is 29.5 Å². The molecule has 0 aromatic heterocycles. The molecule has 2 aromatic rings. The lowest BCUT2D eigenvalue weighted by atomic mass is 10.1. The van der Waals surface area contributed by atoms with Gasteiger partial charge in [0.15, 0.2) is 0 Å². The summed E-state index contributed by atoms with van der Waals surface area (Å²) in [6.07, 6.45) is 0. The monoisotopic (exact) mass is 347 g/mol. The second kappa shape index (κ2) is 6.76. The molecule has 0 fully saturated rings. The number of ether oxygens (including phenoxy) is 1. The molecule has 3 nitrogen and oxygen atoms in total. The van der Waals surface area contributed by atoms with E-state index in [2.05, 4.69) is 15.9 Å². The molecule has 0 aliphatic carbocycles. The lowest BCUT2D eigenvalue weighted by molar-refractivity contribution is 0.0827. The van der Waals surface area contributed by atoms with E-state index in [1.165, 1.54) is 5.56 Å². The molecule has 0 saturated heterocycles. The summed E-state index contributed by atoms with van der Waals surface area (Å²) in [4.78, 5) is 13.4. The van der Waals surface area contributed by atoms with Crippen molar-refractivity contribution in [3.05, 3.63) is 63.6 Å². The molecular formula is C17H18BrNO2. The van der Waals surface area contributed by atoms with Crippen LogP contribution in [0.2, 0.25) is 0 Å². The molecule has 21 heavy (non-hydrogen) atoms. The number of amides is 1. The third-order valence-corrected chi connectivity index (χ3v) is 3.71. The molecule has 2 aromatic carbocycles. The SMILES string of the molecule is Cc1ccc(OCc2ccc(C(=O)N(C)C)cc2)c(Br)c1. The lowest BCUT2D eigenvalue weighted by Gasteiger charge is -2.11. The number of aryl methyl sites for hydroxylation is 1. The fourth-order valence-electron chi connectivity index (χ4n) is 1.89. The zero-order chi connectivity index (χ0) is 15.4. The van der Waals surface area contributed by atoms with Crippen LogP contribution in [0.15, 0.2) is 46.9 Å². The van der Waals surface area contributed by atoms with Crippen LogP contribution >= 0.6 is 15.9 Å². The Bertz CT molecular complexity index is 636. The summed E-state index contributed by atoms with van der Waals surface area (Å²) in [7, 11) is 3.49. The Balaban J connectivity index is 2.02. The van der Waals surface area contributed by atoms with E-state index >= 15 is 0 Å². The molecule has 0 bridgehead atoms. The molecule has 110 valence electrons. The van der Waals surface area contributed by atoms with Gasteiger partial charge in [0.1, 0.15) is 12.4 Å². The van der Waals surface area contributed by atoms with Crippen LogP contribution in [0.1, 0.15) is 21.5 Å². The second-order valence-electron chi connectivity index (χ2n) is 5.12. The molecule has 0 unspecified atom stereocenters. The first kappa shape index (κ1) is 15.6. The standard InChI is InChI=1S/C17H18BrNO2/c1-12-4-9-16(15(18)10-12)21-11-13-5-7-14(8-6-13)17(20)19(2)3/h4-10H,11H2,1-3H3. The largest absolute Gasteiger partial charge is 0.488 e. The molecule has 0 radical (unpaired) electrons. The number of carbonyl (C=O) groups excluding carboxylic acids is 1. The van der Waals surface area contributed by atoms with Crippen LogP contribution in [0.25, 0.3) is 0 Å². The quantitative estimate of drug-likeness (QED) is 0.835. The van der Waals surface area contributed by atoms with Crippen LogP contribution in [0.5, 0.6) is 5.75 Å². The average Bonchev–Trinajstić information content (AvgIpc) is 2.46. The lowest BCUT2D eigenvalue weighted by Crippen LogP contribution is -2.21. The van der Waals surface area contributed by atoms with Crippen LogP contribution in [0.3, 0.4) is 0 Å². The number of rotatable bonds is 4. The van der Waals surface area contributed by atoms with E-state index in [0.29, 0.717) is 12.2 Å². The first-order valence-electron chi connectivity index (χ1n) is 6.67. The number of hydrogen-bond acceptors (Lipinski definition) is 2. The van der Waals surface area contributed by atoms with Gasteiger partial charge in [-0.15, -0.1) is 0 Å². The zero-order valence-corrected chi connectivity index (χ0v) is 14.0. The van der Waals surface area contributed by atoms with Crippen molar-refractivity contribution in [3.8, 4) is 5.75 Å². The van der Waals surface area contributed by atoms with Gasteiger partial charge in [0.2, 0.25) is 0 Å². The average molecular weight is 348 g/mol. The van der Waals surface area contributed by atoms with E-state index in [0.717, 1.165) is 15.8 Å². The minimum Gasteiger partial charge on any atom is -0.488 e. The Kier molecular flexibility index (Phi) is 5.02. The van der Waals surface area contributed by atoms with E-state index in [1.54, 1.807) is 19.0 Å². The molecule has 0 N–H and O–H groups in total. The fraction of sp³-hybridized carbons (Fsp3) is 0.235. The summed E-state index contributed by atoms with van der Waals surface area (Å²) in [6, 6.07) is 13.5. The molecule has 0 atom stereocenters. The molecule has 0 heterocycles. The molecular weight excluding hydrogens is 330 g/mol. The summed E-state index contributed by atoms with van der Waals surface area (Å²) in [5.74, 6) is 0.817. The van der Waals surface area contributed by atoms with Crippen molar-refractivity contribution in [2.75, 3.05) is 14.1 Å². The van der Waals surface area contributed by atoms with Gasteiger partial charge in [-0.2, -0.15) is 0 Å². The van der Waals surface area contributed by atoms with Crippen molar-refractivity contribution >= 4 is 21.8 Å². The smallest absolute Gasteiger partial charge is 0.253 e. The first-order chi connectivity index (χ1) is 9.97. The Hall–Kier alpha value is -1.81. The highest BCUT2D eigenvalue weighted by Gasteiger charge is 2.07. The van der Waals surface area contributed by atoms with Gasteiger partial charge in [0, 0.05) is 19.7 Å². The number of benzene rings is 2. The van der Waals surface area contributed by atoms with Crippen molar-refractivity contribution < 1.29 is 9.53 Å². The summed E-state index contributed by atoms with van der Waals surface area (Å²) in [5.41, 5.74) is 2.89. The van der Waals surface area contributed by atoms with Crippen molar-refractivity contribution in [1.82, 2.24) is 4.90 Å². The summed E-state index contributed by atoms with van der Waals surface area (Å²) >= 11 is 3.49. The Morgan fingerprint density at radius 2 is 1.81 bits per heavy atom. The molecule has 1 amide bonds. The van der Waals surface area contributed by atoms with Gasteiger partial charge in [-0.25, -0.2) is 0 Å². The van der Waals surface area contributed by atoms with E-state index in [9.17, 15) is 4.79 Å². The van der Waals surface area contributed by atoms with Crippen molar-refractivity contribution in [1.29, 1.82) is 0 Å². The van der Waals surface area contributed by atoms with Crippen molar-refractivity contribution in [2.45, 2.75) is 13.5 Å². The number of halogens is 1. The van der Waals surface area contributed by atoms with Crippen LogP contribution in [0, 0.1) is 6.92 Å². The van der Waals surface area contributed by atoms with Crippen LogP contribution in [-0.4, -0.2) is 24.9 Å². The normalized spacial score (nSPS) is 10.3. The van der Waals surface area contributed by atoms with E-state index in [-0.39, 0.29) is 5.91 Å². The van der Waals surface area contributed by atoms with Gasteiger partial charge in [0.05, 0.1) is 4.47 Å². The van der Waals surface area contributed by atoms with Crippen LogP contribution < -0.4 is 4.74 Å². The predicted molar refractivity (Wildman–Crippen MR) is 87.7 cm³/mol. The van der Waals surface area contributed by atoms with Gasteiger partial charge in [0.25, 0.3) is 5.91 Å². The van der Waals surface area contributed by atoms with Gasteiger partial charge in [-0.3, -0.25) is 4.79 Å².